The highest BCUT2D eigenvalue weighted by Gasteiger charge is 2.03. The second-order valence-electron chi connectivity index (χ2n) is 2.42. The van der Waals surface area contributed by atoms with E-state index in [9.17, 15) is 9.59 Å². The molecule has 0 amide bonds. The van der Waals surface area contributed by atoms with E-state index in [1.165, 1.54) is 10.6 Å². The highest BCUT2D eigenvalue weighted by molar-refractivity contribution is 6.30. The highest BCUT2D eigenvalue weighted by Crippen LogP contribution is 1.97. The molecule has 0 spiro atoms. The van der Waals surface area contributed by atoms with Crippen molar-refractivity contribution in [3.05, 3.63) is 34.2 Å². The molecule has 3 nitrogen and oxygen atoms in total. The fraction of sp³-hybridized carbons (Fsp3) is 0.250. The number of ketones is 1. The molecule has 0 aliphatic carbocycles. The highest BCUT2D eigenvalue weighted by atomic mass is 35.5. The summed E-state index contributed by atoms with van der Waals surface area (Å²) in [6, 6.07) is 2.86. The van der Waals surface area contributed by atoms with Crippen LogP contribution in [0.4, 0.5) is 0 Å². The topological polar surface area (TPSA) is 39.1 Å². The van der Waals surface area contributed by atoms with Crippen LogP contribution in [0.25, 0.3) is 0 Å². The second-order valence-corrected chi connectivity index (χ2v) is 2.69. The van der Waals surface area contributed by atoms with Gasteiger partial charge in [-0.3, -0.25) is 9.59 Å². The lowest BCUT2D eigenvalue weighted by molar-refractivity contribution is 0.102. The molecule has 4 heteroatoms. The van der Waals surface area contributed by atoms with Crippen LogP contribution >= 0.6 is 11.6 Å². The standard InChI is InChI=1S/C8H8ClNO2/c1-10-3-2-6(4-8(10)12)7(11)5-9/h2-4H,5H2,1H3. The number of pyridine rings is 1. The molecular formula is C8H8ClNO2. The fourth-order valence-electron chi connectivity index (χ4n) is 0.799. The van der Waals surface area contributed by atoms with E-state index in [1.807, 2.05) is 0 Å². The zero-order chi connectivity index (χ0) is 9.14. The van der Waals surface area contributed by atoms with E-state index in [0.29, 0.717) is 5.56 Å². The van der Waals surface area contributed by atoms with Gasteiger partial charge in [0.25, 0.3) is 5.56 Å². The van der Waals surface area contributed by atoms with Gasteiger partial charge in [0.2, 0.25) is 0 Å². The molecule has 1 heterocycles. The lowest BCUT2D eigenvalue weighted by Gasteiger charge is -1.98. The minimum absolute atomic E-state index is 0.0901. The Morgan fingerprint density at radius 2 is 2.33 bits per heavy atom. The largest absolute Gasteiger partial charge is 0.319 e. The molecule has 1 aromatic heterocycles. The number of alkyl halides is 1. The van der Waals surface area contributed by atoms with Gasteiger partial charge in [-0.1, -0.05) is 0 Å². The lowest BCUT2D eigenvalue weighted by atomic mass is 10.2. The summed E-state index contributed by atoms with van der Waals surface area (Å²) < 4.78 is 1.39. The monoisotopic (exact) mass is 185 g/mol. The van der Waals surface area contributed by atoms with Gasteiger partial charge < -0.3 is 4.57 Å². The van der Waals surface area contributed by atoms with E-state index in [0.717, 1.165) is 0 Å². The van der Waals surface area contributed by atoms with E-state index >= 15 is 0 Å². The third kappa shape index (κ3) is 1.74. The van der Waals surface area contributed by atoms with Crippen molar-refractivity contribution in [2.45, 2.75) is 0 Å². The summed E-state index contributed by atoms with van der Waals surface area (Å²) in [4.78, 5) is 22.0. The predicted octanol–water partition coefficient (Wildman–Crippen LogP) is 0.807. The van der Waals surface area contributed by atoms with Gasteiger partial charge in [0.05, 0.1) is 5.88 Å². The number of hydrogen-bond donors (Lipinski definition) is 0. The van der Waals surface area contributed by atoms with Gasteiger partial charge in [0, 0.05) is 24.9 Å². The van der Waals surface area contributed by atoms with E-state index in [4.69, 9.17) is 11.6 Å². The maximum atomic E-state index is 11.0. The van der Waals surface area contributed by atoms with Crippen LogP contribution in [-0.4, -0.2) is 16.2 Å². The van der Waals surface area contributed by atoms with Gasteiger partial charge in [0.15, 0.2) is 5.78 Å². The van der Waals surface area contributed by atoms with Crippen LogP contribution in [0.15, 0.2) is 23.1 Å². The van der Waals surface area contributed by atoms with Crippen LogP contribution < -0.4 is 5.56 Å². The maximum Gasteiger partial charge on any atom is 0.250 e. The molecule has 0 fully saturated rings. The van der Waals surface area contributed by atoms with E-state index in [2.05, 4.69) is 0 Å². The first-order chi connectivity index (χ1) is 5.65. The van der Waals surface area contributed by atoms with Gasteiger partial charge >= 0.3 is 0 Å². The zero-order valence-corrected chi connectivity index (χ0v) is 7.34. The predicted molar refractivity (Wildman–Crippen MR) is 46.7 cm³/mol. The van der Waals surface area contributed by atoms with Crippen LogP contribution in [0.2, 0.25) is 0 Å². The van der Waals surface area contributed by atoms with Crippen molar-refractivity contribution in [3.63, 3.8) is 0 Å². The van der Waals surface area contributed by atoms with Crippen LogP contribution in [0.5, 0.6) is 0 Å². The smallest absolute Gasteiger partial charge is 0.250 e. The number of Topliss-reactive ketones (excluding diaryl/α,β-unsaturated/α-hetero) is 1. The Kier molecular flexibility index (Phi) is 2.65. The third-order valence-electron chi connectivity index (χ3n) is 1.55. The minimum Gasteiger partial charge on any atom is -0.319 e. The van der Waals surface area contributed by atoms with Gasteiger partial charge in [-0.15, -0.1) is 11.6 Å². The van der Waals surface area contributed by atoms with Crippen molar-refractivity contribution in [3.8, 4) is 0 Å². The number of aryl methyl sites for hydroxylation is 1. The van der Waals surface area contributed by atoms with E-state index in [-0.39, 0.29) is 17.2 Å². The summed E-state index contributed by atoms with van der Waals surface area (Å²) >= 11 is 5.32. The van der Waals surface area contributed by atoms with Crippen molar-refractivity contribution < 1.29 is 4.79 Å². The average molecular weight is 186 g/mol. The molecule has 0 unspecified atom stereocenters. The Bertz CT molecular complexity index is 356. The molecule has 0 atom stereocenters. The van der Waals surface area contributed by atoms with Crippen molar-refractivity contribution in [1.82, 2.24) is 4.57 Å². The first-order valence-electron chi connectivity index (χ1n) is 3.41. The van der Waals surface area contributed by atoms with Gasteiger partial charge in [-0.25, -0.2) is 0 Å². The molecular weight excluding hydrogens is 178 g/mol. The Labute approximate surface area is 74.6 Å². The van der Waals surface area contributed by atoms with Gasteiger partial charge in [0.1, 0.15) is 0 Å². The molecule has 12 heavy (non-hydrogen) atoms. The quantitative estimate of drug-likeness (QED) is 0.505. The lowest BCUT2D eigenvalue weighted by Crippen LogP contribution is -2.17. The number of hydrogen-bond acceptors (Lipinski definition) is 2. The Morgan fingerprint density at radius 3 is 2.83 bits per heavy atom. The van der Waals surface area contributed by atoms with Crippen molar-refractivity contribution in [2.75, 3.05) is 5.88 Å². The molecule has 0 radical (unpaired) electrons. The number of rotatable bonds is 2. The van der Waals surface area contributed by atoms with Crippen LogP contribution in [0.3, 0.4) is 0 Å². The molecule has 0 aliphatic rings. The zero-order valence-electron chi connectivity index (χ0n) is 6.58. The molecule has 0 N–H and O–H groups in total. The SMILES string of the molecule is Cn1ccc(C(=O)CCl)cc1=O. The van der Waals surface area contributed by atoms with Gasteiger partial charge in [-0.2, -0.15) is 0 Å². The molecule has 0 saturated carbocycles. The summed E-state index contributed by atoms with van der Waals surface area (Å²) in [5.74, 6) is -0.318. The molecule has 1 rings (SSSR count). The van der Waals surface area contributed by atoms with E-state index < -0.39 is 0 Å². The first kappa shape index (κ1) is 9.00. The first-order valence-corrected chi connectivity index (χ1v) is 3.94. The van der Waals surface area contributed by atoms with E-state index in [1.54, 1.807) is 19.3 Å². The average Bonchev–Trinajstić information content (AvgIpc) is 2.08. The fourth-order valence-corrected chi connectivity index (χ4v) is 0.953. The van der Waals surface area contributed by atoms with Crippen molar-refractivity contribution in [1.29, 1.82) is 0 Å². The Morgan fingerprint density at radius 1 is 1.67 bits per heavy atom. The van der Waals surface area contributed by atoms with Gasteiger partial charge in [-0.05, 0) is 6.07 Å². The summed E-state index contributed by atoms with van der Waals surface area (Å²) in [5.41, 5.74) is 0.166. The molecule has 0 aromatic carbocycles. The number of carbonyl (C=O) groups excluding carboxylic acids is 1. The van der Waals surface area contributed by atoms with Crippen LogP contribution in [-0.2, 0) is 7.05 Å². The molecule has 0 bridgehead atoms. The Hall–Kier alpha value is -1.09. The van der Waals surface area contributed by atoms with Crippen LogP contribution in [0, 0.1) is 0 Å². The second kappa shape index (κ2) is 3.54. The van der Waals surface area contributed by atoms with Crippen LogP contribution in [0.1, 0.15) is 10.4 Å². The number of aromatic nitrogens is 1. The molecule has 0 saturated heterocycles. The maximum absolute atomic E-state index is 11.0. The molecule has 1 aromatic rings. The number of halogens is 1. The summed E-state index contributed by atoms with van der Waals surface area (Å²) in [7, 11) is 1.62. The molecule has 64 valence electrons. The van der Waals surface area contributed by atoms with Crippen molar-refractivity contribution in [2.24, 2.45) is 7.05 Å². The summed E-state index contributed by atoms with van der Waals surface area (Å²) in [6.07, 6.45) is 1.54. The Balaban J connectivity index is 3.13. The summed E-state index contributed by atoms with van der Waals surface area (Å²) in [6.45, 7) is 0. The number of carbonyl (C=O) groups is 1. The van der Waals surface area contributed by atoms with Crippen molar-refractivity contribution >= 4 is 17.4 Å². The summed E-state index contributed by atoms with van der Waals surface area (Å²) in [5, 5.41) is 0. The number of nitrogens with zero attached hydrogens (tertiary/aromatic N) is 1. The molecule has 0 aliphatic heterocycles. The normalized spacial score (nSPS) is 9.83. The third-order valence-corrected chi connectivity index (χ3v) is 1.79. The minimum atomic E-state index is -0.227.